The molecule has 0 N–H and O–H groups in total. The smallest absolute Gasteiger partial charge is 0.127 e. The van der Waals surface area contributed by atoms with Crippen molar-refractivity contribution in [2.24, 2.45) is 5.92 Å². The summed E-state index contributed by atoms with van der Waals surface area (Å²) < 4.78 is 19.5. The maximum atomic E-state index is 13.7. The summed E-state index contributed by atoms with van der Waals surface area (Å²) in [4.78, 5) is 4.82. The molecule has 1 atom stereocenters. The highest BCUT2D eigenvalue weighted by Gasteiger charge is 2.23. The topological polar surface area (TPSA) is 15.7 Å². The second-order valence-electron chi connectivity index (χ2n) is 7.17. The number of piperidine rings is 1. The van der Waals surface area contributed by atoms with Crippen LogP contribution in [-0.4, -0.2) is 55.7 Å². The molecule has 0 aliphatic carbocycles. The van der Waals surface area contributed by atoms with Crippen molar-refractivity contribution in [3.63, 3.8) is 0 Å². The van der Waals surface area contributed by atoms with E-state index in [2.05, 4.69) is 16.8 Å². The van der Waals surface area contributed by atoms with Crippen LogP contribution in [-0.2, 0) is 11.3 Å². The molecule has 0 saturated carbocycles. The summed E-state index contributed by atoms with van der Waals surface area (Å²) in [7, 11) is 2.22. The fourth-order valence-electron chi connectivity index (χ4n) is 3.85. The maximum Gasteiger partial charge on any atom is 0.127 e. The predicted molar refractivity (Wildman–Crippen MR) is 90.9 cm³/mol. The van der Waals surface area contributed by atoms with Crippen LogP contribution in [0.3, 0.4) is 0 Å². The van der Waals surface area contributed by atoms with Gasteiger partial charge in [0, 0.05) is 31.8 Å². The third-order valence-electron chi connectivity index (χ3n) is 5.17. The highest BCUT2D eigenvalue weighted by molar-refractivity contribution is 5.17. The summed E-state index contributed by atoms with van der Waals surface area (Å²) in [6.45, 7) is 6.06. The van der Waals surface area contributed by atoms with Gasteiger partial charge < -0.3 is 9.64 Å². The van der Waals surface area contributed by atoms with E-state index in [-0.39, 0.29) is 5.82 Å². The predicted octanol–water partition coefficient (Wildman–Crippen LogP) is 3.15. The molecule has 0 radical (unpaired) electrons. The molecule has 0 amide bonds. The van der Waals surface area contributed by atoms with Gasteiger partial charge in [-0.15, -0.1) is 0 Å². The van der Waals surface area contributed by atoms with Gasteiger partial charge in [-0.2, -0.15) is 0 Å². The molecule has 0 spiro atoms. The van der Waals surface area contributed by atoms with Gasteiger partial charge in [-0.05, 0) is 57.8 Å². The number of rotatable bonds is 6. The molecule has 1 aromatic rings. The molecule has 2 fully saturated rings. The summed E-state index contributed by atoms with van der Waals surface area (Å²) in [5.74, 6) is 0.684. The Morgan fingerprint density at radius 3 is 2.65 bits per heavy atom. The van der Waals surface area contributed by atoms with Crippen LogP contribution in [0, 0.1) is 11.7 Å². The molecule has 0 aromatic heterocycles. The summed E-state index contributed by atoms with van der Waals surface area (Å²) >= 11 is 0. The molecule has 23 heavy (non-hydrogen) atoms. The minimum atomic E-state index is -0.0779. The van der Waals surface area contributed by atoms with E-state index >= 15 is 0 Å². The molecule has 1 aromatic carbocycles. The first-order valence-electron chi connectivity index (χ1n) is 8.96. The van der Waals surface area contributed by atoms with Gasteiger partial charge in [0.1, 0.15) is 5.82 Å². The summed E-state index contributed by atoms with van der Waals surface area (Å²) in [6.07, 6.45) is 5.30. The van der Waals surface area contributed by atoms with Crippen molar-refractivity contribution >= 4 is 0 Å². The lowest BCUT2D eigenvalue weighted by molar-refractivity contribution is 0.0698. The lowest BCUT2D eigenvalue weighted by atomic mass is 9.95. The molecule has 3 rings (SSSR count). The van der Waals surface area contributed by atoms with Crippen LogP contribution in [0.4, 0.5) is 4.39 Å². The number of nitrogens with zero attached hydrogens (tertiary/aromatic N) is 2. The van der Waals surface area contributed by atoms with Gasteiger partial charge in [0.2, 0.25) is 0 Å². The third kappa shape index (κ3) is 5.00. The highest BCUT2D eigenvalue weighted by atomic mass is 19.1. The van der Waals surface area contributed by atoms with Crippen molar-refractivity contribution < 1.29 is 9.13 Å². The minimum absolute atomic E-state index is 0.0779. The summed E-state index contributed by atoms with van der Waals surface area (Å²) in [6, 6.07) is 7.14. The monoisotopic (exact) mass is 320 g/mol. The maximum absolute atomic E-state index is 13.7. The van der Waals surface area contributed by atoms with E-state index in [0.717, 1.165) is 50.8 Å². The second kappa shape index (κ2) is 8.22. The number of likely N-dealkylation sites (N-methyl/N-ethyl adjacent to an activating group) is 1. The second-order valence-corrected chi connectivity index (χ2v) is 7.17. The van der Waals surface area contributed by atoms with Crippen molar-refractivity contribution in [3.05, 3.63) is 35.6 Å². The van der Waals surface area contributed by atoms with E-state index in [1.165, 1.54) is 25.7 Å². The first-order valence-corrected chi connectivity index (χ1v) is 8.96. The number of hydrogen-bond donors (Lipinski definition) is 0. The Bertz CT molecular complexity index is 482. The fourth-order valence-corrected chi connectivity index (χ4v) is 3.85. The van der Waals surface area contributed by atoms with Crippen LogP contribution in [0.25, 0.3) is 0 Å². The van der Waals surface area contributed by atoms with Gasteiger partial charge >= 0.3 is 0 Å². The Hall–Kier alpha value is -0.970. The number of ether oxygens (including phenoxy) is 1. The molecule has 0 bridgehead atoms. The van der Waals surface area contributed by atoms with Crippen LogP contribution >= 0.6 is 0 Å². The van der Waals surface area contributed by atoms with Crippen molar-refractivity contribution in [2.75, 3.05) is 39.8 Å². The summed E-state index contributed by atoms with van der Waals surface area (Å²) in [5, 5.41) is 0. The Morgan fingerprint density at radius 2 is 1.96 bits per heavy atom. The largest absolute Gasteiger partial charge is 0.377 e. The van der Waals surface area contributed by atoms with Gasteiger partial charge in [0.15, 0.2) is 0 Å². The molecule has 2 aliphatic rings. The Balaban J connectivity index is 1.39. The molecule has 128 valence electrons. The molecule has 2 aliphatic heterocycles. The molecule has 3 nitrogen and oxygen atoms in total. The average Bonchev–Trinajstić information content (AvgIpc) is 3.04. The van der Waals surface area contributed by atoms with Crippen LogP contribution in [0.5, 0.6) is 0 Å². The Labute approximate surface area is 139 Å². The van der Waals surface area contributed by atoms with E-state index < -0.39 is 0 Å². The van der Waals surface area contributed by atoms with Gasteiger partial charge in [-0.1, -0.05) is 18.2 Å². The van der Waals surface area contributed by atoms with Gasteiger partial charge in [-0.3, -0.25) is 4.90 Å². The van der Waals surface area contributed by atoms with Gasteiger partial charge in [0.05, 0.1) is 6.10 Å². The molecule has 2 saturated heterocycles. The van der Waals surface area contributed by atoms with E-state index in [1.54, 1.807) is 12.1 Å². The van der Waals surface area contributed by atoms with E-state index in [1.807, 2.05) is 12.1 Å². The number of benzene rings is 1. The van der Waals surface area contributed by atoms with Crippen LogP contribution < -0.4 is 0 Å². The van der Waals surface area contributed by atoms with E-state index in [4.69, 9.17) is 4.74 Å². The number of likely N-dealkylation sites (tertiary alicyclic amines) is 1. The minimum Gasteiger partial charge on any atom is -0.377 e. The van der Waals surface area contributed by atoms with Crippen molar-refractivity contribution in [1.29, 1.82) is 0 Å². The zero-order valence-corrected chi connectivity index (χ0v) is 14.2. The summed E-state index contributed by atoms with van der Waals surface area (Å²) in [5.41, 5.74) is 0.821. The quantitative estimate of drug-likeness (QED) is 0.801. The fraction of sp³-hybridized carbons (Fsp3) is 0.684. The normalized spacial score (nSPS) is 23.7. The van der Waals surface area contributed by atoms with Crippen LogP contribution in [0.15, 0.2) is 24.3 Å². The standard InChI is InChI=1S/C19H29FN2O/c1-21(15-18-6-4-12-23-18)13-16-8-10-22(11-9-16)14-17-5-2-3-7-19(17)20/h2-3,5,7,16,18H,4,6,8-15H2,1H3/t18-/m0/s1. The van der Waals surface area contributed by atoms with Crippen molar-refractivity contribution in [2.45, 2.75) is 38.3 Å². The highest BCUT2D eigenvalue weighted by Crippen LogP contribution is 2.21. The van der Waals surface area contributed by atoms with Crippen LogP contribution in [0.1, 0.15) is 31.2 Å². The molecule has 2 heterocycles. The molecular formula is C19H29FN2O. The van der Waals surface area contributed by atoms with Crippen molar-refractivity contribution in [1.82, 2.24) is 9.80 Å². The van der Waals surface area contributed by atoms with E-state index in [9.17, 15) is 4.39 Å². The molecular weight excluding hydrogens is 291 g/mol. The first kappa shape index (κ1) is 16.9. The van der Waals surface area contributed by atoms with Crippen molar-refractivity contribution in [3.8, 4) is 0 Å². The zero-order chi connectivity index (χ0) is 16.1. The zero-order valence-electron chi connectivity index (χ0n) is 14.2. The van der Waals surface area contributed by atoms with Gasteiger partial charge in [-0.25, -0.2) is 4.39 Å². The van der Waals surface area contributed by atoms with Crippen LogP contribution in [0.2, 0.25) is 0 Å². The number of halogens is 1. The molecule has 0 unspecified atom stereocenters. The lowest BCUT2D eigenvalue weighted by Crippen LogP contribution is -2.39. The lowest BCUT2D eigenvalue weighted by Gasteiger charge is -2.34. The third-order valence-corrected chi connectivity index (χ3v) is 5.17. The molecule has 4 heteroatoms. The van der Waals surface area contributed by atoms with Gasteiger partial charge in [0.25, 0.3) is 0 Å². The first-order chi connectivity index (χ1) is 11.2. The Morgan fingerprint density at radius 1 is 1.17 bits per heavy atom. The average molecular weight is 320 g/mol. The van der Waals surface area contributed by atoms with E-state index in [0.29, 0.717) is 6.10 Å². The SMILES string of the molecule is CN(CC1CCN(Cc2ccccc2F)CC1)C[C@@H]1CCCO1. The Kier molecular flexibility index (Phi) is 6.03. The number of hydrogen-bond acceptors (Lipinski definition) is 3.